The Morgan fingerprint density at radius 1 is 1.45 bits per heavy atom. The molecule has 0 spiro atoms. The summed E-state index contributed by atoms with van der Waals surface area (Å²) in [6, 6.07) is 8.45. The van der Waals surface area contributed by atoms with Gasteiger partial charge in [-0.1, -0.05) is 19.1 Å². The Morgan fingerprint density at radius 2 is 2.30 bits per heavy atom. The molecule has 0 aliphatic heterocycles. The number of hydrogen-bond acceptors (Lipinski definition) is 3. The number of nitrogens with one attached hydrogen (secondary N) is 1. The van der Waals surface area contributed by atoms with Gasteiger partial charge in [0, 0.05) is 13.2 Å². The van der Waals surface area contributed by atoms with Crippen LogP contribution < -0.4 is 10.1 Å². The van der Waals surface area contributed by atoms with Crippen molar-refractivity contribution in [2.45, 2.75) is 31.9 Å². The second kappa shape index (κ2) is 5.67. The highest BCUT2D eigenvalue weighted by atomic mass is 16.5. The molecule has 1 heterocycles. The lowest BCUT2D eigenvalue weighted by Gasteiger charge is -2.17. The summed E-state index contributed by atoms with van der Waals surface area (Å²) in [6.07, 6.45) is 6.69. The Morgan fingerprint density at radius 3 is 2.95 bits per heavy atom. The van der Waals surface area contributed by atoms with Gasteiger partial charge in [-0.2, -0.15) is 0 Å². The van der Waals surface area contributed by atoms with Crippen molar-refractivity contribution in [1.29, 1.82) is 0 Å². The van der Waals surface area contributed by atoms with Crippen LogP contribution in [0.3, 0.4) is 0 Å². The molecule has 1 fully saturated rings. The van der Waals surface area contributed by atoms with Gasteiger partial charge in [-0.05, 0) is 37.1 Å². The first-order valence-electron chi connectivity index (χ1n) is 7.24. The van der Waals surface area contributed by atoms with Crippen LogP contribution in [0.2, 0.25) is 0 Å². The lowest BCUT2D eigenvalue weighted by Crippen LogP contribution is -2.22. The number of rotatable bonds is 6. The third-order valence-electron chi connectivity index (χ3n) is 3.45. The summed E-state index contributed by atoms with van der Waals surface area (Å²) in [5.74, 6) is 0.962. The molecule has 1 atom stereocenters. The normalized spacial score (nSPS) is 16.1. The van der Waals surface area contributed by atoms with Gasteiger partial charge in [0.25, 0.3) is 0 Å². The van der Waals surface area contributed by atoms with E-state index in [0.717, 1.165) is 18.0 Å². The Balaban J connectivity index is 1.86. The molecule has 1 aliphatic rings. The number of aryl methyl sites for hydroxylation is 1. The second-order valence-corrected chi connectivity index (χ2v) is 5.34. The van der Waals surface area contributed by atoms with Crippen LogP contribution >= 0.6 is 0 Å². The molecule has 0 saturated heterocycles. The zero-order valence-corrected chi connectivity index (χ0v) is 12.0. The average Bonchev–Trinajstić information content (AvgIpc) is 3.16. The molecule has 1 aliphatic carbocycles. The van der Waals surface area contributed by atoms with Crippen molar-refractivity contribution in [1.82, 2.24) is 14.9 Å². The van der Waals surface area contributed by atoms with Crippen LogP contribution in [0.5, 0.6) is 5.75 Å². The van der Waals surface area contributed by atoms with E-state index in [1.807, 2.05) is 24.0 Å². The van der Waals surface area contributed by atoms with Crippen molar-refractivity contribution in [3.05, 3.63) is 48.0 Å². The van der Waals surface area contributed by atoms with Crippen LogP contribution in [0.15, 0.2) is 36.8 Å². The number of hydrogen-bond donors (Lipinski definition) is 1. The smallest absolute Gasteiger partial charge is 0.120 e. The molecule has 4 nitrogen and oxygen atoms in total. The van der Waals surface area contributed by atoms with Gasteiger partial charge in [-0.15, -0.1) is 0 Å². The van der Waals surface area contributed by atoms with Crippen LogP contribution in [0, 0.1) is 0 Å². The summed E-state index contributed by atoms with van der Waals surface area (Å²) >= 11 is 0. The van der Waals surface area contributed by atoms with Gasteiger partial charge in [0.1, 0.15) is 5.75 Å². The molecular weight excluding hydrogens is 250 g/mol. The number of benzene rings is 1. The topological polar surface area (TPSA) is 39.1 Å². The maximum atomic E-state index is 5.88. The van der Waals surface area contributed by atoms with Crippen LogP contribution in [0.25, 0.3) is 0 Å². The highest BCUT2D eigenvalue weighted by Gasteiger charge is 2.24. The molecule has 1 N–H and O–H groups in total. The highest BCUT2D eigenvalue weighted by molar-refractivity contribution is 5.34. The SMILES string of the molecule is CCNC(c1cccc(OC2CC2)c1)c1cn(C)cn1. The molecule has 1 saturated carbocycles. The number of ether oxygens (including phenoxy) is 1. The van der Waals surface area contributed by atoms with Crippen molar-refractivity contribution in [2.24, 2.45) is 7.05 Å². The molecule has 0 radical (unpaired) electrons. The first-order valence-corrected chi connectivity index (χ1v) is 7.24. The minimum atomic E-state index is 0.115. The van der Waals surface area contributed by atoms with Gasteiger partial charge >= 0.3 is 0 Å². The quantitative estimate of drug-likeness (QED) is 0.878. The average molecular weight is 271 g/mol. The van der Waals surface area contributed by atoms with E-state index < -0.39 is 0 Å². The molecule has 0 bridgehead atoms. The summed E-state index contributed by atoms with van der Waals surface area (Å²) in [7, 11) is 1.99. The summed E-state index contributed by atoms with van der Waals surface area (Å²) < 4.78 is 7.86. The second-order valence-electron chi connectivity index (χ2n) is 5.34. The molecule has 20 heavy (non-hydrogen) atoms. The molecular formula is C16H21N3O. The van der Waals surface area contributed by atoms with E-state index in [2.05, 4.69) is 41.6 Å². The van der Waals surface area contributed by atoms with Gasteiger partial charge in [0.2, 0.25) is 0 Å². The van der Waals surface area contributed by atoms with E-state index in [9.17, 15) is 0 Å². The molecule has 1 aromatic heterocycles. The van der Waals surface area contributed by atoms with Gasteiger partial charge in [0.15, 0.2) is 0 Å². The zero-order chi connectivity index (χ0) is 13.9. The number of imidazole rings is 1. The number of nitrogens with zero attached hydrogens (tertiary/aromatic N) is 2. The van der Waals surface area contributed by atoms with Crippen LogP contribution in [0.1, 0.15) is 37.1 Å². The molecule has 3 rings (SSSR count). The van der Waals surface area contributed by atoms with E-state index >= 15 is 0 Å². The molecule has 4 heteroatoms. The summed E-state index contributed by atoms with van der Waals surface area (Å²) in [5.41, 5.74) is 2.24. The van der Waals surface area contributed by atoms with E-state index in [-0.39, 0.29) is 6.04 Å². The Labute approximate surface area is 119 Å². The summed E-state index contributed by atoms with van der Waals surface area (Å²) in [4.78, 5) is 4.47. The van der Waals surface area contributed by atoms with Crippen LogP contribution in [-0.4, -0.2) is 22.2 Å². The van der Waals surface area contributed by atoms with Crippen LogP contribution in [-0.2, 0) is 7.05 Å². The molecule has 1 unspecified atom stereocenters. The Kier molecular flexibility index (Phi) is 3.74. The summed E-state index contributed by atoms with van der Waals surface area (Å²) in [5, 5.41) is 3.49. The fourth-order valence-corrected chi connectivity index (χ4v) is 2.33. The first-order chi connectivity index (χ1) is 9.76. The maximum Gasteiger partial charge on any atom is 0.120 e. The maximum absolute atomic E-state index is 5.88. The third-order valence-corrected chi connectivity index (χ3v) is 3.45. The molecule has 2 aromatic rings. The van der Waals surface area contributed by atoms with E-state index in [1.165, 1.54) is 18.4 Å². The Hall–Kier alpha value is -1.81. The fraction of sp³-hybridized carbons (Fsp3) is 0.438. The standard InChI is InChI=1S/C16H21N3O/c1-3-17-16(15-10-19(2)11-18-15)12-5-4-6-14(9-12)20-13-7-8-13/h4-6,9-11,13,16-17H,3,7-8H2,1-2H3. The largest absolute Gasteiger partial charge is 0.490 e. The first kappa shape index (κ1) is 13.2. The van der Waals surface area contributed by atoms with Gasteiger partial charge in [0.05, 0.1) is 24.2 Å². The van der Waals surface area contributed by atoms with Gasteiger partial charge in [-0.25, -0.2) is 4.98 Å². The van der Waals surface area contributed by atoms with Crippen molar-refractivity contribution in [3.63, 3.8) is 0 Å². The Bertz CT molecular complexity index is 575. The molecule has 1 aromatic carbocycles. The lowest BCUT2D eigenvalue weighted by atomic mass is 10.0. The van der Waals surface area contributed by atoms with E-state index in [1.54, 1.807) is 0 Å². The molecule has 106 valence electrons. The predicted molar refractivity (Wildman–Crippen MR) is 78.8 cm³/mol. The highest BCUT2D eigenvalue weighted by Crippen LogP contribution is 2.29. The van der Waals surface area contributed by atoms with E-state index in [0.29, 0.717) is 6.10 Å². The van der Waals surface area contributed by atoms with Crippen LogP contribution in [0.4, 0.5) is 0 Å². The fourth-order valence-electron chi connectivity index (χ4n) is 2.33. The number of aromatic nitrogens is 2. The minimum absolute atomic E-state index is 0.115. The van der Waals surface area contributed by atoms with E-state index in [4.69, 9.17) is 4.74 Å². The lowest BCUT2D eigenvalue weighted by molar-refractivity contribution is 0.302. The van der Waals surface area contributed by atoms with Crippen molar-refractivity contribution in [2.75, 3.05) is 6.54 Å². The third kappa shape index (κ3) is 3.02. The minimum Gasteiger partial charge on any atom is -0.490 e. The predicted octanol–water partition coefficient (Wildman–Crippen LogP) is 2.66. The summed E-state index contributed by atoms with van der Waals surface area (Å²) in [6.45, 7) is 3.01. The zero-order valence-electron chi connectivity index (χ0n) is 12.0. The monoisotopic (exact) mass is 271 g/mol. The van der Waals surface area contributed by atoms with Crippen molar-refractivity contribution >= 4 is 0 Å². The van der Waals surface area contributed by atoms with Crippen molar-refractivity contribution in [3.8, 4) is 5.75 Å². The van der Waals surface area contributed by atoms with Gasteiger partial charge < -0.3 is 14.6 Å². The molecule has 0 amide bonds. The van der Waals surface area contributed by atoms with Gasteiger partial charge in [-0.3, -0.25) is 0 Å². The van der Waals surface area contributed by atoms with Crippen molar-refractivity contribution < 1.29 is 4.74 Å².